The van der Waals surface area contributed by atoms with Gasteiger partial charge in [0.25, 0.3) is 0 Å². The van der Waals surface area contributed by atoms with Gasteiger partial charge in [-0.15, -0.1) is 0 Å². The van der Waals surface area contributed by atoms with E-state index in [1.165, 1.54) is 11.3 Å². The third-order valence-corrected chi connectivity index (χ3v) is 4.06. The zero-order valence-corrected chi connectivity index (χ0v) is 12.8. The molecule has 1 aromatic rings. The fourth-order valence-corrected chi connectivity index (χ4v) is 2.72. The minimum Gasteiger partial charge on any atom is -0.377 e. The van der Waals surface area contributed by atoms with Crippen molar-refractivity contribution < 1.29 is 4.74 Å². The van der Waals surface area contributed by atoms with E-state index in [0.29, 0.717) is 12.1 Å². The van der Waals surface area contributed by atoms with E-state index in [1.807, 2.05) is 7.05 Å². The number of nitrogens with zero attached hydrogens (tertiary/aromatic N) is 1. The molecular weight excluding hydrogens is 292 g/mol. The lowest BCUT2D eigenvalue weighted by atomic mass is 10.0. The Morgan fingerprint density at radius 2 is 2.28 bits per heavy atom. The Balaban J connectivity index is 2.37. The number of benzene rings is 1. The highest BCUT2D eigenvalue weighted by Crippen LogP contribution is 2.31. The van der Waals surface area contributed by atoms with Crippen molar-refractivity contribution in [3.05, 3.63) is 28.2 Å². The average Bonchev–Trinajstić information content (AvgIpc) is 2.38. The molecule has 18 heavy (non-hydrogen) atoms. The lowest BCUT2D eigenvalue weighted by Gasteiger charge is -2.37. The maximum absolute atomic E-state index is 5.52. The Morgan fingerprint density at radius 3 is 2.94 bits per heavy atom. The number of rotatable bonds is 3. The number of hydrogen-bond donors (Lipinski definition) is 1. The van der Waals surface area contributed by atoms with E-state index in [-0.39, 0.29) is 0 Å². The van der Waals surface area contributed by atoms with Crippen LogP contribution >= 0.6 is 15.9 Å². The van der Waals surface area contributed by atoms with Crippen molar-refractivity contribution in [3.8, 4) is 0 Å². The summed E-state index contributed by atoms with van der Waals surface area (Å²) in [6, 6.07) is 7.30. The second-order valence-corrected chi connectivity index (χ2v) is 5.75. The topological polar surface area (TPSA) is 24.5 Å². The lowest BCUT2D eigenvalue weighted by molar-refractivity contribution is 0.0988. The minimum atomic E-state index is 0.350. The van der Waals surface area contributed by atoms with Crippen molar-refractivity contribution >= 4 is 21.6 Å². The predicted octanol–water partition coefficient (Wildman–Crippen LogP) is 2.95. The monoisotopic (exact) mass is 312 g/mol. The van der Waals surface area contributed by atoms with Gasteiger partial charge >= 0.3 is 0 Å². The fourth-order valence-electron chi connectivity index (χ4n) is 2.37. The molecule has 4 heteroatoms. The summed E-state index contributed by atoms with van der Waals surface area (Å²) in [5.74, 6) is 0. The van der Waals surface area contributed by atoms with Crippen LogP contribution in [0.2, 0.25) is 0 Å². The van der Waals surface area contributed by atoms with Gasteiger partial charge in [-0.2, -0.15) is 0 Å². The summed E-state index contributed by atoms with van der Waals surface area (Å²) in [5.41, 5.74) is 2.65. The maximum atomic E-state index is 5.52. The van der Waals surface area contributed by atoms with E-state index in [2.05, 4.69) is 58.2 Å². The smallest absolute Gasteiger partial charge is 0.0668 e. The molecule has 1 heterocycles. The first kappa shape index (κ1) is 13.8. The molecule has 0 bridgehead atoms. The third kappa shape index (κ3) is 2.87. The molecule has 1 aromatic carbocycles. The van der Waals surface area contributed by atoms with Crippen LogP contribution in [0.15, 0.2) is 22.7 Å². The fraction of sp³-hybridized carbons (Fsp3) is 0.571. The summed E-state index contributed by atoms with van der Waals surface area (Å²) in [7, 11) is 2.00. The van der Waals surface area contributed by atoms with Crippen molar-refractivity contribution in [2.45, 2.75) is 25.9 Å². The van der Waals surface area contributed by atoms with Crippen LogP contribution in [0.5, 0.6) is 0 Å². The Bertz CT molecular complexity index is 411. The SMILES string of the molecule is CNC(C)c1ccc(Br)cc1N1CCOCC1C. The van der Waals surface area contributed by atoms with Crippen molar-refractivity contribution in [2.75, 3.05) is 31.7 Å². The van der Waals surface area contributed by atoms with Crippen molar-refractivity contribution in [1.82, 2.24) is 5.32 Å². The Labute approximate surface area is 118 Å². The number of ether oxygens (including phenoxy) is 1. The first-order valence-corrected chi connectivity index (χ1v) is 7.24. The van der Waals surface area contributed by atoms with Gasteiger partial charge in [-0.3, -0.25) is 0 Å². The van der Waals surface area contributed by atoms with Gasteiger partial charge in [-0.25, -0.2) is 0 Å². The normalized spacial score (nSPS) is 22.0. The molecule has 1 aliphatic rings. The van der Waals surface area contributed by atoms with E-state index in [0.717, 1.165) is 24.2 Å². The van der Waals surface area contributed by atoms with Gasteiger partial charge in [0.15, 0.2) is 0 Å². The molecule has 2 atom stereocenters. The Kier molecular flexibility index (Phi) is 4.65. The first-order valence-electron chi connectivity index (χ1n) is 6.44. The van der Waals surface area contributed by atoms with Crippen molar-refractivity contribution in [2.24, 2.45) is 0 Å². The zero-order valence-electron chi connectivity index (χ0n) is 11.2. The van der Waals surface area contributed by atoms with Gasteiger partial charge in [0, 0.05) is 28.8 Å². The number of nitrogens with one attached hydrogen (secondary N) is 1. The van der Waals surface area contributed by atoms with Crippen LogP contribution in [0, 0.1) is 0 Å². The van der Waals surface area contributed by atoms with E-state index in [9.17, 15) is 0 Å². The van der Waals surface area contributed by atoms with Crippen molar-refractivity contribution in [1.29, 1.82) is 0 Å². The molecule has 0 spiro atoms. The Hall–Kier alpha value is -0.580. The standard InChI is InChI=1S/C14H21BrN2O/c1-10-9-18-7-6-17(10)14-8-12(15)4-5-13(14)11(2)16-3/h4-5,8,10-11,16H,6-7,9H2,1-3H3. The van der Waals surface area contributed by atoms with Gasteiger partial charge < -0.3 is 15.0 Å². The molecule has 1 N–H and O–H groups in total. The molecule has 100 valence electrons. The summed E-state index contributed by atoms with van der Waals surface area (Å²) >= 11 is 3.58. The largest absolute Gasteiger partial charge is 0.377 e. The van der Waals surface area contributed by atoms with Crippen LogP contribution in [0.4, 0.5) is 5.69 Å². The summed E-state index contributed by atoms with van der Waals surface area (Å²) in [5, 5.41) is 3.32. The van der Waals surface area contributed by atoms with Gasteiger partial charge in [-0.05, 0) is 38.6 Å². The van der Waals surface area contributed by atoms with E-state index in [1.54, 1.807) is 0 Å². The zero-order chi connectivity index (χ0) is 13.1. The highest BCUT2D eigenvalue weighted by atomic mass is 79.9. The molecule has 2 rings (SSSR count). The Morgan fingerprint density at radius 1 is 1.50 bits per heavy atom. The predicted molar refractivity (Wildman–Crippen MR) is 79.2 cm³/mol. The maximum Gasteiger partial charge on any atom is 0.0668 e. The molecule has 0 aliphatic carbocycles. The summed E-state index contributed by atoms with van der Waals surface area (Å²) < 4.78 is 6.65. The minimum absolute atomic E-state index is 0.350. The number of halogens is 1. The molecule has 1 fully saturated rings. The van der Waals surface area contributed by atoms with Crippen LogP contribution in [-0.4, -0.2) is 32.8 Å². The summed E-state index contributed by atoms with van der Waals surface area (Å²) in [6.45, 7) is 6.98. The highest BCUT2D eigenvalue weighted by Gasteiger charge is 2.22. The third-order valence-electron chi connectivity index (χ3n) is 3.57. The van der Waals surface area contributed by atoms with Crippen molar-refractivity contribution in [3.63, 3.8) is 0 Å². The van der Waals surface area contributed by atoms with Crippen LogP contribution < -0.4 is 10.2 Å². The highest BCUT2D eigenvalue weighted by molar-refractivity contribution is 9.10. The van der Waals surface area contributed by atoms with Crippen LogP contribution in [0.25, 0.3) is 0 Å². The molecule has 1 saturated heterocycles. The van der Waals surface area contributed by atoms with Gasteiger partial charge in [0.2, 0.25) is 0 Å². The van der Waals surface area contributed by atoms with E-state index in [4.69, 9.17) is 4.74 Å². The van der Waals surface area contributed by atoms with Gasteiger partial charge in [-0.1, -0.05) is 22.0 Å². The second-order valence-electron chi connectivity index (χ2n) is 4.83. The van der Waals surface area contributed by atoms with Crippen LogP contribution in [0.3, 0.4) is 0 Å². The molecular formula is C14H21BrN2O. The lowest BCUT2D eigenvalue weighted by Crippen LogP contribution is -2.44. The van der Waals surface area contributed by atoms with Crippen LogP contribution in [0.1, 0.15) is 25.5 Å². The molecule has 0 amide bonds. The number of morpholine rings is 1. The number of hydrogen-bond acceptors (Lipinski definition) is 3. The quantitative estimate of drug-likeness (QED) is 0.928. The molecule has 0 saturated carbocycles. The molecule has 0 radical (unpaired) electrons. The molecule has 0 aromatic heterocycles. The van der Waals surface area contributed by atoms with E-state index < -0.39 is 0 Å². The summed E-state index contributed by atoms with van der Waals surface area (Å²) in [4.78, 5) is 2.44. The average molecular weight is 313 g/mol. The second kappa shape index (κ2) is 6.04. The van der Waals surface area contributed by atoms with E-state index >= 15 is 0 Å². The molecule has 1 aliphatic heterocycles. The van der Waals surface area contributed by atoms with Gasteiger partial charge in [0.05, 0.1) is 13.2 Å². The van der Waals surface area contributed by atoms with Crippen LogP contribution in [-0.2, 0) is 4.74 Å². The first-order chi connectivity index (χ1) is 8.63. The number of anilines is 1. The molecule has 3 nitrogen and oxygen atoms in total. The summed E-state index contributed by atoms with van der Waals surface area (Å²) in [6.07, 6.45) is 0. The molecule has 2 unspecified atom stereocenters. The van der Waals surface area contributed by atoms with Gasteiger partial charge in [0.1, 0.15) is 0 Å².